The maximum atomic E-state index is 13.9. The zero-order valence-corrected chi connectivity index (χ0v) is 13.0. The van der Waals surface area contributed by atoms with Crippen LogP contribution in [0.4, 0.5) is 14.5 Å². The summed E-state index contributed by atoms with van der Waals surface area (Å²) in [5, 5.41) is 3.08. The molecule has 0 spiro atoms. The van der Waals surface area contributed by atoms with Crippen molar-refractivity contribution in [2.24, 2.45) is 0 Å². The number of hydrogen-bond donors (Lipinski definition) is 1. The van der Waals surface area contributed by atoms with Crippen LogP contribution in [0.25, 0.3) is 0 Å². The SMILES string of the molecule is CC(Nc1c(F)cc(F)cc1Br)c1ccc2c(c1)CCO2. The molecular formula is C16H14BrF2NO. The van der Waals surface area contributed by atoms with E-state index in [0.29, 0.717) is 11.1 Å². The zero-order chi connectivity index (χ0) is 15.0. The monoisotopic (exact) mass is 353 g/mol. The largest absolute Gasteiger partial charge is 0.493 e. The quantitative estimate of drug-likeness (QED) is 0.852. The molecule has 110 valence electrons. The molecule has 1 unspecified atom stereocenters. The minimum Gasteiger partial charge on any atom is -0.493 e. The molecule has 2 aromatic rings. The molecule has 0 amide bonds. The molecule has 0 fully saturated rings. The Bertz CT molecular complexity index is 667. The molecule has 0 saturated heterocycles. The lowest BCUT2D eigenvalue weighted by atomic mass is 10.0. The second-order valence-electron chi connectivity index (χ2n) is 5.08. The molecular weight excluding hydrogens is 340 g/mol. The first-order valence-corrected chi connectivity index (χ1v) is 7.50. The molecule has 5 heteroatoms. The molecule has 1 aliphatic heterocycles. The fraction of sp³-hybridized carbons (Fsp3) is 0.250. The van der Waals surface area contributed by atoms with Crippen LogP contribution < -0.4 is 10.1 Å². The molecule has 0 radical (unpaired) electrons. The number of hydrogen-bond acceptors (Lipinski definition) is 2. The molecule has 1 atom stereocenters. The van der Waals surface area contributed by atoms with Gasteiger partial charge in [0.05, 0.1) is 12.3 Å². The van der Waals surface area contributed by atoms with Gasteiger partial charge in [-0.3, -0.25) is 0 Å². The van der Waals surface area contributed by atoms with Crippen molar-refractivity contribution in [2.75, 3.05) is 11.9 Å². The summed E-state index contributed by atoms with van der Waals surface area (Å²) in [6.45, 7) is 2.64. The van der Waals surface area contributed by atoms with Crippen molar-refractivity contribution in [3.8, 4) is 5.75 Å². The number of benzene rings is 2. The van der Waals surface area contributed by atoms with Gasteiger partial charge in [-0.25, -0.2) is 8.78 Å². The number of fused-ring (bicyclic) bond motifs is 1. The van der Waals surface area contributed by atoms with Crippen molar-refractivity contribution in [3.63, 3.8) is 0 Å². The van der Waals surface area contributed by atoms with Crippen LogP contribution in [-0.4, -0.2) is 6.61 Å². The van der Waals surface area contributed by atoms with Gasteiger partial charge in [0.15, 0.2) is 0 Å². The van der Waals surface area contributed by atoms with Gasteiger partial charge in [-0.15, -0.1) is 0 Å². The Morgan fingerprint density at radius 1 is 1.24 bits per heavy atom. The number of rotatable bonds is 3. The highest BCUT2D eigenvalue weighted by molar-refractivity contribution is 9.10. The molecule has 2 aromatic carbocycles. The summed E-state index contributed by atoms with van der Waals surface area (Å²) in [6.07, 6.45) is 0.893. The van der Waals surface area contributed by atoms with Crippen molar-refractivity contribution >= 4 is 21.6 Å². The van der Waals surface area contributed by atoms with E-state index in [4.69, 9.17) is 4.74 Å². The number of ether oxygens (including phenoxy) is 1. The second kappa shape index (κ2) is 5.64. The molecule has 0 aliphatic carbocycles. The van der Waals surface area contributed by atoms with Gasteiger partial charge in [0, 0.05) is 23.0 Å². The van der Waals surface area contributed by atoms with E-state index in [0.717, 1.165) is 23.8 Å². The number of halogens is 3. The minimum atomic E-state index is -0.613. The van der Waals surface area contributed by atoms with Crippen LogP contribution in [0.5, 0.6) is 5.75 Å². The van der Waals surface area contributed by atoms with E-state index < -0.39 is 11.6 Å². The maximum absolute atomic E-state index is 13.9. The van der Waals surface area contributed by atoms with E-state index >= 15 is 0 Å². The summed E-state index contributed by atoms with van der Waals surface area (Å²) in [5.74, 6) is -0.300. The standard InChI is InChI=1S/C16H14BrF2NO/c1-9(10-2-3-15-11(6-10)4-5-21-15)20-16-13(17)7-12(18)8-14(16)19/h2-3,6-9,20H,4-5H2,1H3. The Labute approximate surface area is 130 Å². The summed E-state index contributed by atoms with van der Waals surface area (Å²) in [4.78, 5) is 0. The molecule has 0 aromatic heterocycles. The Morgan fingerprint density at radius 2 is 2.05 bits per heavy atom. The molecule has 1 heterocycles. The van der Waals surface area contributed by atoms with Crippen LogP contribution >= 0.6 is 15.9 Å². The summed E-state index contributed by atoms with van der Waals surface area (Å²) < 4.78 is 32.8. The Morgan fingerprint density at radius 3 is 2.81 bits per heavy atom. The lowest BCUT2D eigenvalue weighted by Crippen LogP contribution is -2.09. The predicted molar refractivity (Wildman–Crippen MR) is 81.7 cm³/mol. The zero-order valence-electron chi connectivity index (χ0n) is 11.4. The Kier molecular flexibility index (Phi) is 3.85. The molecule has 2 nitrogen and oxygen atoms in total. The van der Waals surface area contributed by atoms with E-state index in [-0.39, 0.29) is 11.7 Å². The van der Waals surface area contributed by atoms with Crippen molar-refractivity contribution in [2.45, 2.75) is 19.4 Å². The van der Waals surface area contributed by atoms with Gasteiger partial charge in [-0.1, -0.05) is 6.07 Å². The van der Waals surface area contributed by atoms with Gasteiger partial charge in [-0.2, -0.15) is 0 Å². The van der Waals surface area contributed by atoms with Gasteiger partial charge in [0.25, 0.3) is 0 Å². The fourth-order valence-electron chi connectivity index (χ4n) is 2.46. The Hall–Kier alpha value is -1.62. The highest BCUT2D eigenvalue weighted by Gasteiger charge is 2.17. The van der Waals surface area contributed by atoms with Crippen LogP contribution in [0.15, 0.2) is 34.8 Å². The summed E-state index contributed by atoms with van der Waals surface area (Å²) in [6, 6.07) is 7.97. The molecule has 1 N–H and O–H groups in total. The predicted octanol–water partition coefficient (Wildman–Crippen LogP) is 4.84. The first-order chi connectivity index (χ1) is 10.0. The van der Waals surface area contributed by atoms with Gasteiger partial charge >= 0.3 is 0 Å². The molecule has 3 rings (SSSR count). The third-order valence-corrected chi connectivity index (χ3v) is 4.21. The fourth-order valence-corrected chi connectivity index (χ4v) is 2.98. The maximum Gasteiger partial charge on any atom is 0.150 e. The van der Waals surface area contributed by atoms with Crippen LogP contribution in [0.3, 0.4) is 0 Å². The summed E-state index contributed by atoms with van der Waals surface area (Å²) in [5.41, 5.74) is 2.47. The van der Waals surface area contributed by atoms with Crippen molar-refractivity contribution < 1.29 is 13.5 Å². The van der Waals surface area contributed by atoms with E-state index in [9.17, 15) is 8.78 Å². The average Bonchev–Trinajstić information content (AvgIpc) is 2.89. The minimum absolute atomic E-state index is 0.104. The van der Waals surface area contributed by atoms with E-state index in [1.54, 1.807) is 0 Å². The third kappa shape index (κ3) is 2.88. The van der Waals surface area contributed by atoms with Gasteiger partial charge in [0.1, 0.15) is 17.4 Å². The second-order valence-corrected chi connectivity index (χ2v) is 5.93. The van der Waals surface area contributed by atoms with Gasteiger partial charge in [-0.05, 0) is 52.2 Å². The Balaban J connectivity index is 1.85. The summed E-state index contributed by atoms with van der Waals surface area (Å²) in [7, 11) is 0. The van der Waals surface area contributed by atoms with E-state index in [1.165, 1.54) is 11.6 Å². The normalized spacial score (nSPS) is 14.5. The van der Waals surface area contributed by atoms with Crippen molar-refractivity contribution in [3.05, 3.63) is 57.6 Å². The van der Waals surface area contributed by atoms with Crippen molar-refractivity contribution in [1.29, 1.82) is 0 Å². The lowest BCUT2D eigenvalue weighted by Gasteiger charge is -2.18. The molecule has 1 aliphatic rings. The van der Waals surface area contributed by atoms with Crippen LogP contribution in [0.1, 0.15) is 24.1 Å². The number of anilines is 1. The van der Waals surface area contributed by atoms with Crippen LogP contribution in [-0.2, 0) is 6.42 Å². The third-order valence-electron chi connectivity index (χ3n) is 3.58. The topological polar surface area (TPSA) is 21.3 Å². The van der Waals surface area contributed by atoms with Crippen LogP contribution in [0, 0.1) is 11.6 Å². The highest BCUT2D eigenvalue weighted by atomic mass is 79.9. The first-order valence-electron chi connectivity index (χ1n) is 6.71. The molecule has 21 heavy (non-hydrogen) atoms. The van der Waals surface area contributed by atoms with Crippen molar-refractivity contribution in [1.82, 2.24) is 0 Å². The van der Waals surface area contributed by atoms with Gasteiger partial charge < -0.3 is 10.1 Å². The van der Waals surface area contributed by atoms with Crippen LogP contribution in [0.2, 0.25) is 0 Å². The van der Waals surface area contributed by atoms with Gasteiger partial charge in [0.2, 0.25) is 0 Å². The van der Waals surface area contributed by atoms with E-state index in [1.807, 2.05) is 19.1 Å². The highest BCUT2D eigenvalue weighted by Crippen LogP contribution is 2.32. The summed E-state index contributed by atoms with van der Waals surface area (Å²) >= 11 is 3.19. The average molecular weight is 354 g/mol. The smallest absolute Gasteiger partial charge is 0.150 e. The lowest BCUT2D eigenvalue weighted by molar-refractivity contribution is 0.357. The van der Waals surface area contributed by atoms with E-state index in [2.05, 4.69) is 27.3 Å². The molecule has 0 bridgehead atoms. The number of nitrogens with one attached hydrogen (secondary N) is 1. The molecule has 0 saturated carbocycles. The first kappa shape index (κ1) is 14.3.